The Morgan fingerprint density at radius 3 is 2.17 bits per heavy atom. The van der Waals surface area contributed by atoms with Crippen molar-refractivity contribution in [1.82, 2.24) is 0 Å². The highest BCUT2D eigenvalue weighted by Crippen LogP contribution is 2.62. The number of aryl methyl sites for hydroxylation is 1. The van der Waals surface area contributed by atoms with Crippen LogP contribution in [0.5, 0.6) is 0 Å². The summed E-state index contributed by atoms with van der Waals surface area (Å²) in [5.74, 6) is -6.80. The molecule has 1 aromatic carbocycles. The summed E-state index contributed by atoms with van der Waals surface area (Å²) in [6, 6.07) is 7.26. The maximum atomic E-state index is 15.0. The molecule has 1 unspecified atom stereocenters. The molecule has 0 aromatic heterocycles. The summed E-state index contributed by atoms with van der Waals surface area (Å²) < 4.78 is 39.7. The molecule has 1 heterocycles. The van der Waals surface area contributed by atoms with Gasteiger partial charge in [0.2, 0.25) is 6.10 Å². The predicted molar refractivity (Wildman–Crippen MR) is 180 cm³/mol. The molecule has 0 amide bonds. The number of aliphatic hydroxyl groups excluding tert-OH is 1. The number of carbonyl (C=O) groups excluding carboxylic acids is 6. The summed E-state index contributed by atoms with van der Waals surface area (Å²) in [4.78, 5) is 79.4. The molecule has 0 radical (unpaired) electrons. The van der Waals surface area contributed by atoms with Crippen LogP contribution in [0.1, 0.15) is 78.9 Å². The predicted octanol–water partition coefficient (Wildman–Crippen LogP) is 2.96. The summed E-state index contributed by atoms with van der Waals surface area (Å²) in [5, 5.41) is 24.7. The highest BCUT2D eigenvalue weighted by molar-refractivity contribution is 5.95. The Morgan fingerprint density at radius 1 is 0.981 bits per heavy atom. The first-order valence-corrected chi connectivity index (χ1v) is 17.7. The van der Waals surface area contributed by atoms with E-state index in [-0.39, 0.29) is 37.2 Å². The van der Waals surface area contributed by atoms with Crippen LogP contribution >= 0.6 is 0 Å². The van der Waals surface area contributed by atoms with E-state index in [0.717, 1.165) is 26.3 Å². The molecular formula is C38H48O15. The molecule has 290 valence electrons. The lowest BCUT2D eigenvalue weighted by molar-refractivity contribution is -0.344. The van der Waals surface area contributed by atoms with E-state index in [9.17, 15) is 39.0 Å². The summed E-state index contributed by atoms with van der Waals surface area (Å²) in [7, 11) is 0. The number of carbonyl (C=O) groups is 6. The summed E-state index contributed by atoms with van der Waals surface area (Å²) >= 11 is 0. The Kier molecular flexibility index (Phi) is 11.1. The van der Waals surface area contributed by atoms with Gasteiger partial charge in [0, 0.05) is 39.5 Å². The van der Waals surface area contributed by atoms with Crippen LogP contribution in [0, 0.1) is 24.2 Å². The molecule has 53 heavy (non-hydrogen) atoms. The van der Waals surface area contributed by atoms with Crippen LogP contribution in [0.3, 0.4) is 0 Å². The number of ketones is 1. The monoisotopic (exact) mass is 744 g/mol. The van der Waals surface area contributed by atoms with E-state index in [2.05, 4.69) is 0 Å². The van der Waals surface area contributed by atoms with Gasteiger partial charge in [-0.2, -0.15) is 0 Å². The van der Waals surface area contributed by atoms with Gasteiger partial charge in [-0.1, -0.05) is 43.7 Å². The number of fused-ring (bicyclic) bond motifs is 5. The number of hydrogen-bond acceptors (Lipinski definition) is 15. The fraction of sp³-hybridized carbons (Fsp3) is 0.632. The van der Waals surface area contributed by atoms with Gasteiger partial charge in [-0.25, -0.2) is 9.59 Å². The normalized spacial score (nSPS) is 35.1. The van der Waals surface area contributed by atoms with Gasteiger partial charge in [0.25, 0.3) is 0 Å². The summed E-state index contributed by atoms with van der Waals surface area (Å²) in [6.45, 7) is 11.0. The zero-order chi connectivity index (χ0) is 39.2. The number of ether oxygens (including phenoxy) is 7. The first-order chi connectivity index (χ1) is 24.8. The van der Waals surface area contributed by atoms with Gasteiger partial charge in [0.1, 0.15) is 30.5 Å². The van der Waals surface area contributed by atoms with Crippen molar-refractivity contribution >= 4 is 35.8 Å². The van der Waals surface area contributed by atoms with Gasteiger partial charge in [0.15, 0.2) is 17.5 Å². The Labute approximate surface area is 307 Å². The Hall–Kier alpha value is -4.34. The van der Waals surface area contributed by atoms with Gasteiger partial charge >= 0.3 is 30.0 Å². The molecule has 3 fully saturated rings. The van der Waals surface area contributed by atoms with Gasteiger partial charge < -0.3 is 43.4 Å². The van der Waals surface area contributed by atoms with E-state index in [1.54, 1.807) is 32.9 Å². The average molecular weight is 745 g/mol. The molecule has 2 N–H and O–H groups in total. The van der Waals surface area contributed by atoms with Crippen LogP contribution in [0.25, 0.3) is 0 Å². The van der Waals surface area contributed by atoms with Crippen LogP contribution in [-0.2, 0) is 63.7 Å². The van der Waals surface area contributed by atoms with E-state index in [1.807, 2.05) is 19.1 Å². The number of aliphatic hydroxyl groups is 2. The molecule has 2 bridgehead atoms. The van der Waals surface area contributed by atoms with Crippen LogP contribution in [0.15, 0.2) is 35.4 Å². The molecule has 0 spiro atoms. The number of rotatable bonds is 9. The van der Waals surface area contributed by atoms with Crippen molar-refractivity contribution < 1.29 is 72.1 Å². The maximum absolute atomic E-state index is 15.0. The minimum Gasteiger partial charge on any atom is -0.459 e. The minimum atomic E-state index is -2.20. The van der Waals surface area contributed by atoms with Gasteiger partial charge in [-0.15, -0.1) is 0 Å². The zero-order valence-electron chi connectivity index (χ0n) is 31.2. The summed E-state index contributed by atoms with van der Waals surface area (Å²) in [5.41, 5.74) is -3.77. The molecule has 3 aliphatic carbocycles. The molecule has 15 nitrogen and oxygen atoms in total. The van der Waals surface area contributed by atoms with Crippen molar-refractivity contribution in [3.63, 3.8) is 0 Å². The molecule has 2 saturated carbocycles. The highest BCUT2D eigenvalue weighted by Gasteiger charge is 2.77. The average Bonchev–Trinajstić information content (AvgIpc) is 3.07. The third-order valence-electron chi connectivity index (χ3n) is 11.4. The molecule has 11 atom stereocenters. The van der Waals surface area contributed by atoms with Crippen LogP contribution in [0.2, 0.25) is 0 Å². The van der Waals surface area contributed by atoms with Crippen molar-refractivity contribution in [2.75, 3.05) is 6.61 Å². The second kappa shape index (κ2) is 14.8. The van der Waals surface area contributed by atoms with E-state index >= 15 is 0 Å². The Balaban J connectivity index is 1.56. The van der Waals surface area contributed by atoms with Crippen LogP contribution in [-0.4, -0.2) is 100 Å². The number of esters is 4. The van der Waals surface area contributed by atoms with E-state index in [0.29, 0.717) is 5.56 Å². The first-order valence-electron chi connectivity index (χ1n) is 17.7. The van der Waals surface area contributed by atoms with E-state index in [1.165, 1.54) is 6.92 Å². The van der Waals surface area contributed by atoms with Crippen molar-refractivity contribution in [3.8, 4) is 0 Å². The third kappa shape index (κ3) is 7.06. The first kappa shape index (κ1) is 39.9. The molecule has 1 saturated heterocycles. The second-order valence-corrected chi connectivity index (χ2v) is 14.8. The lowest BCUT2D eigenvalue weighted by Gasteiger charge is -2.66. The van der Waals surface area contributed by atoms with E-state index in [4.69, 9.17) is 33.2 Å². The summed E-state index contributed by atoms with van der Waals surface area (Å²) in [6.07, 6.45) is -10.3. The Morgan fingerprint density at radius 2 is 1.62 bits per heavy atom. The van der Waals surface area contributed by atoms with Crippen molar-refractivity contribution in [2.24, 2.45) is 17.3 Å². The lowest BCUT2D eigenvalue weighted by Crippen LogP contribution is -2.81. The van der Waals surface area contributed by atoms with Crippen LogP contribution < -0.4 is 0 Å². The molecule has 1 aliphatic heterocycles. The maximum Gasteiger partial charge on any atom is 0.509 e. The van der Waals surface area contributed by atoms with Gasteiger partial charge in [0.05, 0.1) is 24.0 Å². The standard InChI is InChI=1S/C38H48O15/c1-9-25(52-35(45)47-16-24-12-10-18(2)11-13-24)34(44)51-26-15-37(46)20(4)29(19(26)3)30(49-21(5)39)32(43)36(8)27(42)14-28-38(17-48-28,53-23(7)41)31(36)33(37)50-22(6)40/h10-13,20,25-28,30-31,33,42,46H,9,14-17H2,1-8H3/t20-,25-,26+,27+,28?,30-,31+,33+,36-,37+,38+/m1/s1. The lowest BCUT2D eigenvalue weighted by atomic mass is 9.47. The van der Waals surface area contributed by atoms with Crippen molar-refractivity contribution in [2.45, 2.75) is 129 Å². The van der Waals surface area contributed by atoms with Crippen LogP contribution in [0.4, 0.5) is 4.79 Å². The van der Waals surface area contributed by atoms with Gasteiger partial charge in [-0.05, 0) is 43.9 Å². The third-order valence-corrected chi connectivity index (χ3v) is 11.4. The topological polar surface area (TPSA) is 207 Å². The van der Waals surface area contributed by atoms with Gasteiger partial charge in [-0.3, -0.25) is 19.2 Å². The highest BCUT2D eigenvalue weighted by atomic mass is 16.7. The molecule has 5 rings (SSSR count). The van der Waals surface area contributed by atoms with Crippen molar-refractivity contribution in [1.29, 1.82) is 0 Å². The fourth-order valence-corrected chi connectivity index (χ4v) is 8.58. The fourth-order valence-electron chi connectivity index (χ4n) is 8.58. The SMILES string of the molecule is CC[C@@H](OC(=O)OCc1ccc(C)cc1)C(=O)O[C@H]1C[C@]2(O)[C@H](C)C(=C1C)[C@@H](OC(C)=O)C(=O)[C@]1(C)[C@@H](O)CC3OC[C@@]3(OC(C)=O)[C@H]1[C@@H]2OC(C)=O. The Bertz CT molecular complexity index is 1680. The van der Waals surface area contributed by atoms with Crippen molar-refractivity contribution in [3.05, 3.63) is 46.5 Å². The number of Topliss-reactive ketones (excluding diaryl/α,β-unsaturated/α-hetero) is 1. The molecule has 1 aromatic rings. The molecule has 4 aliphatic rings. The largest absolute Gasteiger partial charge is 0.509 e. The molecular weight excluding hydrogens is 696 g/mol. The minimum absolute atomic E-state index is 0.0171. The quantitative estimate of drug-likeness (QED) is 0.212. The zero-order valence-corrected chi connectivity index (χ0v) is 31.2. The molecule has 15 heteroatoms. The number of hydrogen-bond donors (Lipinski definition) is 2. The number of benzene rings is 1. The smallest absolute Gasteiger partial charge is 0.459 e. The second-order valence-electron chi connectivity index (χ2n) is 14.8. The van der Waals surface area contributed by atoms with E-state index < -0.39 is 107 Å².